The molecule has 0 aromatic carbocycles. The highest BCUT2D eigenvalue weighted by molar-refractivity contribution is 5.64. The number of allylic oxidation sites excluding steroid dienone is 1. The molecule has 0 unspecified atom stereocenters. The lowest BCUT2D eigenvalue weighted by atomic mass is 10.1. The summed E-state index contributed by atoms with van der Waals surface area (Å²) in [5, 5.41) is 8.60. The van der Waals surface area contributed by atoms with Crippen molar-refractivity contribution >= 4 is 6.09 Å². The molecule has 0 aliphatic heterocycles. The number of amides is 1. The summed E-state index contributed by atoms with van der Waals surface area (Å²) in [4.78, 5) is 11.8. The van der Waals surface area contributed by atoms with Crippen LogP contribution in [-0.4, -0.2) is 29.7 Å². The lowest BCUT2D eigenvalue weighted by Gasteiger charge is -2.11. The molecular formula is C12H23NO2. The van der Waals surface area contributed by atoms with Gasteiger partial charge in [0.25, 0.3) is 0 Å². The Balaban J connectivity index is 3.11. The number of carbonyl (C=O) groups is 1. The number of carboxylic acid groups (broad SMARTS) is 1. The van der Waals surface area contributed by atoms with Gasteiger partial charge in [0.2, 0.25) is 0 Å². The predicted octanol–water partition coefficient (Wildman–Crippen LogP) is 3.51. The number of rotatable bonds is 9. The van der Waals surface area contributed by atoms with Crippen LogP contribution in [-0.2, 0) is 0 Å². The van der Waals surface area contributed by atoms with Crippen molar-refractivity contribution in [1.29, 1.82) is 0 Å². The van der Waals surface area contributed by atoms with Crippen LogP contribution in [0.4, 0.5) is 4.79 Å². The third-order valence-electron chi connectivity index (χ3n) is 2.48. The molecule has 0 aliphatic carbocycles. The van der Waals surface area contributed by atoms with Crippen LogP contribution in [0.1, 0.15) is 44.9 Å². The van der Waals surface area contributed by atoms with Gasteiger partial charge < -0.3 is 10.0 Å². The van der Waals surface area contributed by atoms with E-state index in [4.69, 9.17) is 5.11 Å². The first-order valence-corrected chi connectivity index (χ1v) is 5.73. The molecule has 0 aliphatic rings. The monoisotopic (exact) mass is 213 g/mol. The molecule has 3 nitrogen and oxygen atoms in total. The SMILES string of the molecule is C=CCCCCCCCCN(C)C(=O)O. The van der Waals surface area contributed by atoms with Gasteiger partial charge in [0.05, 0.1) is 0 Å². The molecular weight excluding hydrogens is 190 g/mol. The summed E-state index contributed by atoms with van der Waals surface area (Å²) in [5.74, 6) is 0. The fourth-order valence-electron chi connectivity index (χ4n) is 1.44. The molecule has 88 valence electrons. The second kappa shape index (κ2) is 9.56. The number of nitrogens with zero attached hydrogens (tertiary/aromatic N) is 1. The van der Waals surface area contributed by atoms with E-state index in [1.807, 2.05) is 6.08 Å². The van der Waals surface area contributed by atoms with E-state index in [1.165, 1.54) is 30.6 Å². The Morgan fingerprint density at radius 3 is 2.27 bits per heavy atom. The Bertz CT molecular complexity index is 180. The fraction of sp³-hybridized carbons (Fsp3) is 0.750. The normalized spacial score (nSPS) is 9.93. The summed E-state index contributed by atoms with van der Waals surface area (Å²) in [5.41, 5.74) is 0. The maximum absolute atomic E-state index is 10.5. The molecule has 1 N–H and O–H groups in total. The van der Waals surface area contributed by atoms with Crippen molar-refractivity contribution in [3.8, 4) is 0 Å². The van der Waals surface area contributed by atoms with Crippen molar-refractivity contribution in [2.45, 2.75) is 44.9 Å². The highest BCUT2D eigenvalue weighted by Gasteiger charge is 2.03. The largest absolute Gasteiger partial charge is 0.465 e. The average Bonchev–Trinajstić information content (AvgIpc) is 2.21. The van der Waals surface area contributed by atoms with Gasteiger partial charge in [-0.25, -0.2) is 4.79 Å². The van der Waals surface area contributed by atoms with Crippen molar-refractivity contribution in [3.05, 3.63) is 12.7 Å². The molecule has 0 spiro atoms. The summed E-state index contributed by atoms with van der Waals surface area (Å²) >= 11 is 0. The fourth-order valence-corrected chi connectivity index (χ4v) is 1.44. The lowest BCUT2D eigenvalue weighted by molar-refractivity contribution is 0.155. The van der Waals surface area contributed by atoms with E-state index in [2.05, 4.69) is 6.58 Å². The molecule has 0 bridgehead atoms. The van der Waals surface area contributed by atoms with Crippen LogP contribution < -0.4 is 0 Å². The van der Waals surface area contributed by atoms with Gasteiger partial charge in [-0.15, -0.1) is 6.58 Å². The average molecular weight is 213 g/mol. The number of unbranched alkanes of at least 4 members (excludes halogenated alkanes) is 6. The molecule has 0 fully saturated rings. The molecule has 0 radical (unpaired) electrons. The number of hydrogen-bond acceptors (Lipinski definition) is 1. The third-order valence-corrected chi connectivity index (χ3v) is 2.48. The zero-order chi connectivity index (χ0) is 11.5. The lowest BCUT2D eigenvalue weighted by Crippen LogP contribution is -2.25. The molecule has 3 heteroatoms. The summed E-state index contributed by atoms with van der Waals surface area (Å²) in [6, 6.07) is 0. The smallest absolute Gasteiger partial charge is 0.407 e. The zero-order valence-electron chi connectivity index (χ0n) is 9.74. The van der Waals surface area contributed by atoms with Gasteiger partial charge in [-0.3, -0.25) is 0 Å². The van der Waals surface area contributed by atoms with Crippen LogP contribution in [0.5, 0.6) is 0 Å². The summed E-state index contributed by atoms with van der Waals surface area (Å²) in [7, 11) is 1.62. The molecule has 15 heavy (non-hydrogen) atoms. The first-order chi connectivity index (χ1) is 7.18. The van der Waals surface area contributed by atoms with Crippen molar-refractivity contribution in [2.24, 2.45) is 0 Å². The van der Waals surface area contributed by atoms with Crippen molar-refractivity contribution in [1.82, 2.24) is 4.90 Å². The Kier molecular flexibility index (Phi) is 8.93. The summed E-state index contributed by atoms with van der Waals surface area (Å²) < 4.78 is 0. The quantitative estimate of drug-likeness (QED) is 0.470. The Morgan fingerprint density at radius 1 is 1.20 bits per heavy atom. The molecule has 0 saturated heterocycles. The van der Waals surface area contributed by atoms with Crippen LogP contribution in [0.3, 0.4) is 0 Å². The minimum absolute atomic E-state index is 0.655. The predicted molar refractivity (Wildman–Crippen MR) is 63.2 cm³/mol. The highest BCUT2D eigenvalue weighted by Crippen LogP contribution is 2.07. The molecule has 0 heterocycles. The van der Waals surface area contributed by atoms with Crippen molar-refractivity contribution in [3.63, 3.8) is 0 Å². The van der Waals surface area contributed by atoms with E-state index < -0.39 is 6.09 Å². The Labute approximate surface area is 92.8 Å². The van der Waals surface area contributed by atoms with Gasteiger partial charge in [-0.1, -0.05) is 31.8 Å². The van der Waals surface area contributed by atoms with Crippen LogP contribution in [0, 0.1) is 0 Å². The first kappa shape index (κ1) is 14.0. The van der Waals surface area contributed by atoms with E-state index in [0.29, 0.717) is 6.54 Å². The molecule has 0 atom stereocenters. The second-order valence-corrected chi connectivity index (χ2v) is 3.90. The van der Waals surface area contributed by atoms with E-state index in [-0.39, 0.29) is 0 Å². The van der Waals surface area contributed by atoms with Crippen LogP contribution in [0.15, 0.2) is 12.7 Å². The first-order valence-electron chi connectivity index (χ1n) is 5.73. The van der Waals surface area contributed by atoms with Gasteiger partial charge in [0.1, 0.15) is 0 Å². The molecule has 0 rings (SSSR count). The number of hydrogen-bond donors (Lipinski definition) is 1. The Hall–Kier alpha value is -0.990. The molecule has 0 saturated carbocycles. The summed E-state index contributed by atoms with van der Waals surface area (Å²) in [6.07, 6.45) is 9.31. The van der Waals surface area contributed by atoms with Gasteiger partial charge in [-0.2, -0.15) is 0 Å². The van der Waals surface area contributed by atoms with Gasteiger partial charge in [0, 0.05) is 13.6 Å². The maximum atomic E-state index is 10.5. The molecule has 0 aromatic heterocycles. The van der Waals surface area contributed by atoms with Crippen LogP contribution in [0.2, 0.25) is 0 Å². The molecule has 0 aromatic rings. The van der Waals surface area contributed by atoms with Gasteiger partial charge >= 0.3 is 6.09 Å². The Morgan fingerprint density at radius 2 is 1.73 bits per heavy atom. The van der Waals surface area contributed by atoms with E-state index in [9.17, 15) is 4.79 Å². The van der Waals surface area contributed by atoms with E-state index >= 15 is 0 Å². The second-order valence-electron chi connectivity index (χ2n) is 3.90. The third kappa shape index (κ3) is 9.32. The van der Waals surface area contributed by atoms with Crippen molar-refractivity contribution in [2.75, 3.05) is 13.6 Å². The molecule has 1 amide bonds. The standard InChI is InChI=1S/C12H23NO2/c1-3-4-5-6-7-8-9-10-11-13(2)12(14)15/h3H,1,4-11H2,2H3,(H,14,15). The van der Waals surface area contributed by atoms with Gasteiger partial charge in [-0.05, 0) is 19.3 Å². The highest BCUT2D eigenvalue weighted by atomic mass is 16.4. The van der Waals surface area contributed by atoms with Crippen molar-refractivity contribution < 1.29 is 9.90 Å². The topological polar surface area (TPSA) is 40.5 Å². The zero-order valence-corrected chi connectivity index (χ0v) is 9.74. The van der Waals surface area contributed by atoms with Crippen LogP contribution in [0.25, 0.3) is 0 Å². The summed E-state index contributed by atoms with van der Waals surface area (Å²) in [6.45, 7) is 4.34. The van der Waals surface area contributed by atoms with Crippen LogP contribution >= 0.6 is 0 Å². The minimum atomic E-state index is -0.832. The minimum Gasteiger partial charge on any atom is -0.465 e. The van der Waals surface area contributed by atoms with Gasteiger partial charge in [0.15, 0.2) is 0 Å². The maximum Gasteiger partial charge on any atom is 0.407 e. The van der Waals surface area contributed by atoms with E-state index in [1.54, 1.807) is 7.05 Å². The van der Waals surface area contributed by atoms with E-state index in [0.717, 1.165) is 19.3 Å².